The van der Waals surface area contributed by atoms with E-state index >= 15 is 0 Å². The summed E-state index contributed by atoms with van der Waals surface area (Å²) in [6.45, 7) is 20.4. The number of halogens is 1. The third kappa shape index (κ3) is 14.2. The van der Waals surface area contributed by atoms with Gasteiger partial charge in [-0.25, -0.2) is 19.9 Å². The van der Waals surface area contributed by atoms with Crippen molar-refractivity contribution in [3.63, 3.8) is 0 Å². The van der Waals surface area contributed by atoms with Gasteiger partial charge in [-0.1, -0.05) is 145 Å². The van der Waals surface area contributed by atoms with Gasteiger partial charge in [0, 0.05) is 44.3 Å². The van der Waals surface area contributed by atoms with Crippen LogP contribution in [0.4, 0.5) is 0 Å². The molecule has 0 radical (unpaired) electrons. The Labute approximate surface area is 563 Å². The van der Waals surface area contributed by atoms with Gasteiger partial charge in [-0.15, -0.1) is 0 Å². The van der Waals surface area contributed by atoms with E-state index in [1.807, 2.05) is 125 Å². The Morgan fingerprint density at radius 1 is 0.319 bits per heavy atom. The Morgan fingerprint density at radius 2 is 0.628 bits per heavy atom. The Balaban J connectivity index is 0.000000143. The average Bonchev–Trinajstić information content (AvgIpc) is 1.59. The molecule has 0 saturated heterocycles. The van der Waals surface area contributed by atoms with Crippen molar-refractivity contribution in [1.29, 1.82) is 0 Å². The van der Waals surface area contributed by atoms with Gasteiger partial charge in [0.05, 0.1) is 11.0 Å². The minimum Gasteiger partial charge on any atom is -0.309 e. The van der Waals surface area contributed by atoms with Crippen LogP contribution in [0.15, 0.2) is 231 Å². The molecule has 8 nitrogen and oxygen atoms in total. The number of aryl methyl sites for hydroxylation is 6. The third-order valence-electron chi connectivity index (χ3n) is 18.3. The average molecular weight is 1360 g/mol. The van der Waals surface area contributed by atoms with Gasteiger partial charge < -0.3 is 4.57 Å². The number of fused-ring (bicyclic) bond motifs is 6. The summed E-state index contributed by atoms with van der Waals surface area (Å²) in [5, 5.41) is 5.49. The zero-order valence-electron chi connectivity index (χ0n) is 55.8. The fraction of sp³-hybridized carbons (Fsp3) is 0.214. The summed E-state index contributed by atoms with van der Waals surface area (Å²) in [7, 11) is 0. The molecule has 0 aliphatic carbocycles. The number of rotatable bonds is 17. The van der Waals surface area contributed by atoms with Crippen LogP contribution in [-0.2, 0) is 0 Å². The molecule has 0 amide bonds. The van der Waals surface area contributed by atoms with Crippen molar-refractivity contribution < 1.29 is 0 Å². The van der Waals surface area contributed by atoms with Crippen molar-refractivity contribution in [1.82, 2.24) is 39.0 Å². The molecular weight excluding hydrogens is 1280 g/mol. The summed E-state index contributed by atoms with van der Waals surface area (Å²) in [6.07, 6.45) is 8.22. The van der Waals surface area contributed by atoms with Gasteiger partial charge in [0.15, 0.2) is 29.1 Å². The molecular formula is C84H83ClN8Sn. The molecule has 0 aliphatic rings. The van der Waals surface area contributed by atoms with Crippen LogP contribution in [0.5, 0.6) is 0 Å². The Morgan fingerprint density at radius 3 is 0.947 bits per heavy atom. The van der Waals surface area contributed by atoms with Crippen molar-refractivity contribution in [2.24, 2.45) is 0 Å². The number of hydrogen-bond acceptors (Lipinski definition) is 6. The van der Waals surface area contributed by atoms with E-state index < -0.39 is 18.4 Å². The van der Waals surface area contributed by atoms with E-state index in [0.29, 0.717) is 29.1 Å². The van der Waals surface area contributed by atoms with Crippen LogP contribution < -0.4 is 3.58 Å². The molecule has 94 heavy (non-hydrogen) atoms. The summed E-state index contributed by atoms with van der Waals surface area (Å²) in [5.74, 6) is 3.17. The molecule has 0 aliphatic heterocycles. The first-order valence-electron chi connectivity index (χ1n) is 33.5. The quantitative estimate of drug-likeness (QED) is 0.0844. The molecule has 0 spiro atoms. The third-order valence-corrected chi connectivity index (χ3v) is 34.6. The van der Waals surface area contributed by atoms with Gasteiger partial charge in [-0.2, -0.15) is 9.97 Å². The summed E-state index contributed by atoms with van der Waals surface area (Å²) in [6, 6.07) is 81.0. The van der Waals surface area contributed by atoms with E-state index in [1.165, 1.54) is 123 Å². The topological polar surface area (TPSA) is 87.2 Å². The molecule has 14 aromatic rings. The maximum atomic E-state index is 5.99. The minimum absolute atomic E-state index is 0.202. The number of unbranched alkanes of at least 4 members (excludes halogenated alkanes) is 3. The normalized spacial score (nSPS) is 11.5. The second-order valence-corrected chi connectivity index (χ2v) is 38.8. The van der Waals surface area contributed by atoms with Crippen LogP contribution in [0.3, 0.4) is 0 Å². The van der Waals surface area contributed by atoms with E-state index in [-0.39, 0.29) is 5.28 Å². The molecule has 0 fully saturated rings. The van der Waals surface area contributed by atoms with Crippen LogP contribution in [0.1, 0.15) is 92.7 Å². The first kappa shape index (κ1) is 65.0. The largest absolute Gasteiger partial charge is 0.309 e. The number of nitrogens with zero attached hydrogens (tertiary/aromatic N) is 8. The van der Waals surface area contributed by atoms with E-state index in [2.05, 4.69) is 196 Å². The second kappa shape index (κ2) is 29.5. The standard InChI is InChI=1S/C36H28N4.C21H18N.C15H10ClN3.3C4H9.Sn/c1-23-14-18-32-30(20-23)31-21-24(2)15-19-33(31)40(32)28-16-17-29(25(3)22-28)36-38-34(26-10-6-4-7-11-26)37-35(39-36)27-12-8-5-9-13-27;1-14-5-4-6-17(11-14)22-20-9-7-15(2)12-18(20)19-13-16(3)8-10-21(19)22;16-15-18-13(11-7-3-1-4-8-11)17-14(19-15)12-9-5-2-6-10-12;3*1-3-4-2;/h4-22H,1-3H3;4,6-13H,1-3H3;1-10H;3*1,3-4H2,2H3;. The Hall–Kier alpha value is -9.09. The van der Waals surface area contributed by atoms with Crippen LogP contribution in [0.25, 0.3) is 112 Å². The fourth-order valence-corrected chi connectivity index (χ4v) is 30.8. The van der Waals surface area contributed by atoms with Crippen LogP contribution in [0, 0.1) is 41.5 Å². The molecule has 14 rings (SSSR count). The van der Waals surface area contributed by atoms with Crippen molar-refractivity contribution in [2.75, 3.05) is 0 Å². The molecule has 10 heteroatoms. The zero-order chi connectivity index (χ0) is 65.3. The molecule has 0 unspecified atom stereocenters. The molecule has 0 N–H and O–H groups in total. The molecule has 4 aromatic heterocycles. The van der Waals surface area contributed by atoms with E-state index in [9.17, 15) is 0 Å². The number of hydrogen-bond donors (Lipinski definition) is 0. The van der Waals surface area contributed by atoms with E-state index in [4.69, 9.17) is 26.6 Å². The van der Waals surface area contributed by atoms with Gasteiger partial charge in [0.25, 0.3) is 0 Å². The van der Waals surface area contributed by atoms with Gasteiger partial charge in [0.1, 0.15) is 0 Å². The molecule has 4 heterocycles. The molecule has 0 bridgehead atoms. The van der Waals surface area contributed by atoms with Gasteiger partial charge in [-0.05, 0) is 80.4 Å². The molecule has 470 valence electrons. The van der Waals surface area contributed by atoms with Crippen LogP contribution >= 0.6 is 11.6 Å². The summed E-state index contributed by atoms with van der Waals surface area (Å²) >= 11 is 3.53. The first-order valence-corrected chi connectivity index (χ1v) is 41.3. The predicted molar refractivity (Wildman–Crippen MR) is 400 cm³/mol. The van der Waals surface area contributed by atoms with Crippen molar-refractivity contribution in [2.45, 2.75) is 114 Å². The maximum Gasteiger partial charge on any atom is 0.226 e. The minimum atomic E-state index is -2.46. The Bertz CT molecular complexity index is 4690. The predicted octanol–water partition coefficient (Wildman–Crippen LogP) is 22.5. The number of aromatic nitrogens is 8. The molecule has 10 aromatic carbocycles. The first-order chi connectivity index (χ1) is 45.8. The summed E-state index contributed by atoms with van der Waals surface area (Å²) < 4.78 is 11.3. The van der Waals surface area contributed by atoms with Crippen LogP contribution in [0.2, 0.25) is 18.6 Å². The van der Waals surface area contributed by atoms with Crippen molar-refractivity contribution in [3.05, 3.63) is 269 Å². The molecule has 0 saturated carbocycles. The second-order valence-electron chi connectivity index (χ2n) is 25.4. The van der Waals surface area contributed by atoms with E-state index in [0.717, 1.165) is 39.1 Å². The van der Waals surface area contributed by atoms with Crippen LogP contribution in [-0.4, -0.2) is 57.4 Å². The van der Waals surface area contributed by atoms with Crippen molar-refractivity contribution in [3.8, 4) is 68.3 Å². The monoisotopic (exact) mass is 1360 g/mol. The SMILES string of the molecule is CCC[CH2][Sn]([CH2]CCC)([CH2]CCC)[c]1ccc(-n2c3ccc(C)cc3c3cc(C)ccc32)cc1C.Cc1ccc2c(c1)c1cc(C)ccc1n2-c1ccc(-c2nc(-c3ccccc3)nc(-c3ccccc3)n2)c(C)c1.Clc1nc(-c2ccccc2)nc(-c2ccccc2)n1. The zero-order valence-corrected chi connectivity index (χ0v) is 59.4. The number of benzene rings is 10. The summed E-state index contributed by atoms with van der Waals surface area (Å²) in [5.41, 5.74) is 20.1. The van der Waals surface area contributed by atoms with Gasteiger partial charge >= 0.3 is 219 Å². The van der Waals surface area contributed by atoms with E-state index in [1.54, 1.807) is 5.56 Å². The van der Waals surface area contributed by atoms with Gasteiger partial charge in [0.2, 0.25) is 5.28 Å². The smallest absolute Gasteiger partial charge is 0.226 e. The Kier molecular flexibility index (Phi) is 20.4. The molecule has 0 atom stereocenters. The van der Waals surface area contributed by atoms with Gasteiger partial charge in [-0.3, -0.25) is 0 Å². The maximum absolute atomic E-state index is 5.99. The fourth-order valence-electron chi connectivity index (χ4n) is 13.5. The summed E-state index contributed by atoms with van der Waals surface area (Å²) in [4.78, 5) is 27.5. The van der Waals surface area contributed by atoms with Crippen molar-refractivity contribution >= 4 is 77.2 Å².